The van der Waals surface area contributed by atoms with Gasteiger partial charge in [0.05, 0.1) is 10.2 Å². The summed E-state index contributed by atoms with van der Waals surface area (Å²) >= 11 is 0. The third-order valence-electron chi connectivity index (χ3n) is 1.73. The van der Waals surface area contributed by atoms with E-state index >= 15 is 0 Å². The monoisotopic (exact) mass is 278 g/mol. The molecule has 0 rings (SSSR count). The van der Waals surface area contributed by atoms with Crippen molar-refractivity contribution in [2.24, 2.45) is 0 Å². The van der Waals surface area contributed by atoms with Crippen LogP contribution in [0.2, 0.25) is 0 Å². The van der Waals surface area contributed by atoms with Gasteiger partial charge in [0.1, 0.15) is 0 Å². The molecule has 0 saturated carbocycles. The Morgan fingerprint density at radius 1 is 0.688 bits per heavy atom. The molecule has 0 aromatic carbocycles. The first-order valence-electron chi connectivity index (χ1n) is 3.91. The first-order valence-corrected chi connectivity index (χ1v) is 4.91. The van der Waals surface area contributed by atoms with Crippen LogP contribution in [0.4, 0.5) is 39.5 Å². The number of rotatable bonds is 4. The predicted molar refractivity (Wildman–Crippen MR) is 40.1 cm³/mol. The molecule has 0 fully saturated rings. The van der Waals surface area contributed by atoms with Crippen molar-refractivity contribution in [3.63, 3.8) is 0 Å². The molecule has 0 spiro atoms. The second-order valence-electron chi connectivity index (χ2n) is 3.28. The second-order valence-corrected chi connectivity index (χ2v) is 4.54. The largest absolute Gasteiger partial charge is 0.389 e. The van der Waals surface area contributed by atoms with Gasteiger partial charge in [-0.05, 0) is 0 Å². The first-order chi connectivity index (χ1) is 6.71. The molecule has 0 N–H and O–H groups in total. The fourth-order valence-electron chi connectivity index (χ4n) is 0.777. The van der Waals surface area contributed by atoms with Gasteiger partial charge in [-0.25, -0.2) is 8.78 Å². The summed E-state index contributed by atoms with van der Waals surface area (Å²) in [4.78, 5) is 0. The molecule has 0 aliphatic heterocycles. The molecule has 0 saturated heterocycles. The van der Waals surface area contributed by atoms with Crippen molar-refractivity contribution in [3.8, 4) is 0 Å². The maximum atomic E-state index is 12.5. The molecule has 98 valence electrons. The molecule has 16 heavy (non-hydrogen) atoms. The smallest absolute Gasteiger partial charge is 0.206 e. The van der Waals surface area contributed by atoms with Crippen LogP contribution in [0.15, 0.2) is 0 Å². The van der Waals surface area contributed by atoms with E-state index in [9.17, 15) is 39.5 Å². The lowest BCUT2D eigenvalue weighted by atomic mass is 10.1. The molecule has 0 heterocycles. The minimum Gasteiger partial charge on any atom is -0.206 e. The SMILES string of the molecule is FC(F)(F)CCC(F)(F)C(F)(F)C(F)(F)[SiH3]. The van der Waals surface area contributed by atoms with Gasteiger partial charge in [-0.15, -0.1) is 0 Å². The standard InChI is InChI=1S/C6H7F9Si/c7-3(8,1-2-4(9,10)11)5(12,13)6(14,15)16/h1-2H2,16H3. The molecule has 0 bridgehead atoms. The Kier molecular flexibility index (Phi) is 4.01. The van der Waals surface area contributed by atoms with Crippen LogP contribution in [-0.2, 0) is 0 Å². The normalized spacial score (nSPS) is 15.6. The molecule has 0 amide bonds. The Morgan fingerprint density at radius 2 is 1.06 bits per heavy atom. The van der Waals surface area contributed by atoms with Crippen LogP contribution >= 0.6 is 0 Å². The summed E-state index contributed by atoms with van der Waals surface area (Å²) in [6.45, 7) is 0. The Labute approximate surface area is 87.2 Å². The van der Waals surface area contributed by atoms with Gasteiger partial charge < -0.3 is 0 Å². The van der Waals surface area contributed by atoms with Crippen molar-refractivity contribution in [3.05, 3.63) is 0 Å². The summed E-state index contributed by atoms with van der Waals surface area (Å²) in [7, 11) is -1.58. The van der Waals surface area contributed by atoms with Gasteiger partial charge >= 0.3 is 18.0 Å². The highest BCUT2D eigenvalue weighted by molar-refractivity contribution is 6.14. The van der Waals surface area contributed by atoms with Crippen molar-refractivity contribution in [1.82, 2.24) is 0 Å². The Bertz CT molecular complexity index is 237. The first kappa shape index (κ1) is 15.6. The maximum Gasteiger partial charge on any atom is 0.389 e. The van der Waals surface area contributed by atoms with E-state index < -0.39 is 46.7 Å². The van der Waals surface area contributed by atoms with E-state index in [0.29, 0.717) is 0 Å². The Balaban J connectivity index is 4.79. The van der Waals surface area contributed by atoms with Crippen molar-refractivity contribution in [2.75, 3.05) is 0 Å². The average Bonchev–Trinajstić information content (AvgIpc) is 1.97. The molecular weight excluding hydrogens is 271 g/mol. The van der Waals surface area contributed by atoms with Crippen LogP contribution in [0.3, 0.4) is 0 Å². The molecule has 0 aliphatic carbocycles. The molecule has 0 nitrogen and oxygen atoms in total. The van der Waals surface area contributed by atoms with Crippen LogP contribution < -0.4 is 0 Å². The zero-order valence-corrected chi connectivity index (χ0v) is 9.82. The van der Waals surface area contributed by atoms with Crippen LogP contribution in [0.5, 0.6) is 0 Å². The van der Waals surface area contributed by atoms with E-state index in [2.05, 4.69) is 0 Å². The van der Waals surface area contributed by atoms with E-state index in [4.69, 9.17) is 0 Å². The fraction of sp³-hybridized carbons (Fsp3) is 1.00. The van der Waals surface area contributed by atoms with E-state index in [1.807, 2.05) is 0 Å². The second kappa shape index (κ2) is 4.11. The van der Waals surface area contributed by atoms with Gasteiger partial charge in [0.25, 0.3) is 5.55 Å². The van der Waals surface area contributed by atoms with Crippen molar-refractivity contribution in [2.45, 2.75) is 36.4 Å². The number of alkyl halides is 9. The molecule has 0 aromatic heterocycles. The Morgan fingerprint density at radius 3 is 1.31 bits per heavy atom. The number of halogens is 9. The van der Waals surface area contributed by atoms with E-state index in [1.54, 1.807) is 0 Å². The molecule has 0 aliphatic rings. The topological polar surface area (TPSA) is 0 Å². The fourth-order valence-corrected chi connectivity index (χ4v) is 1.14. The highest BCUT2D eigenvalue weighted by Crippen LogP contribution is 2.47. The minimum atomic E-state index is -5.75. The highest BCUT2D eigenvalue weighted by atomic mass is 28.1. The van der Waals surface area contributed by atoms with Crippen molar-refractivity contribution >= 4 is 10.2 Å². The number of hydrogen-bond donors (Lipinski definition) is 0. The van der Waals surface area contributed by atoms with Crippen molar-refractivity contribution in [1.29, 1.82) is 0 Å². The lowest BCUT2D eigenvalue weighted by Crippen LogP contribution is -2.54. The van der Waals surface area contributed by atoms with E-state index in [-0.39, 0.29) is 0 Å². The predicted octanol–water partition coefficient (Wildman–Crippen LogP) is 2.56. The van der Waals surface area contributed by atoms with Gasteiger partial charge in [0.2, 0.25) is 0 Å². The summed E-state index contributed by atoms with van der Waals surface area (Å²) in [5.41, 5.74) is -4.96. The molecule has 0 radical (unpaired) electrons. The summed E-state index contributed by atoms with van der Waals surface area (Å²) in [5, 5.41) is 0. The van der Waals surface area contributed by atoms with Gasteiger partial charge in [-0.1, -0.05) is 0 Å². The summed E-state index contributed by atoms with van der Waals surface area (Å²) in [6.07, 6.45) is -9.70. The number of hydrogen-bond acceptors (Lipinski definition) is 0. The average molecular weight is 278 g/mol. The van der Waals surface area contributed by atoms with Gasteiger partial charge in [-0.3, -0.25) is 0 Å². The van der Waals surface area contributed by atoms with Crippen LogP contribution in [0, 0.1) is 0 Å². The van der Waals surface area contributed by atoms with Gasteiger partial charge in [-0.2, -0.15) is 30.7 Å². The van der Waals surface area contributed by atoms with Crippen LogP contribution in [0.25, 0.3) is 0 Å². The maximum absolute atomic E-state index is 12.5. The van der Waals surface area contributed by atoms with E-state index in [0.717, 1.165) is 0 Å². The quantitative estimate of drug-likeness (QED) is 0.547. The molecular formula is C6H7F9Si. The summed E-state index contributed by atoms with van der Waals surface area (Å²) < 4.78 is 109. The van der Waals surface area contributed by atoms with Gasteiger partial charge in [0, 0.05) is 12.8 Å². The lowest BCUT2D eigenvalue weighted by Gasteiger charge is -2.31. The van der Waals surface area contributed by atoms with E-state index in [1.165, 1.54) is 0 Å². The Hall–Kier alpha value is -0.413. The minimum absolute atomic E-state index is 1.58. The highest BCUT2D eigenvalue weighted by Gasteiger charge is 2.68. The lowest BCUT2D eigenvalue weighted by molar-refractivity contribution is -0.288. The zero-order chi connectivity index (χ0) is 13.4. The summed E-state index contributed by atoms with van der Waals surface area (Å²) in [5.74, 6) is -11.1. The summed E-state index contributed by atoms with van der Waals surface area (Å²) in [6, 6.07) is 0. The molecule has 0 atom stereocenters. The molecule has 10 heteroatoms. The third kappa shape index (κ3) is 3.56. The molecule has 0 unspecified atom stereocenters. The van der Waals surface area contributed by atoms with Crippen molar-refractivity contribution < 1.29 is 39.5 Å². The van der Waals surface area contributed by atoms with Crippen LogP contribution in [-0.4, -0.2) is 33.8 Å². The van der Waals surface area contributed by atoms with Crippen LogP contribution in [0.1, 0.15) is 12.8 Å². The van der Waals surface area contributed by atoms with Gasteiger partial charge in [0.15, 0.2) is 0 Å². The molecule has 0 aromatic rings. The zero-order valence-electron chi connectivity index (χ0n) is 7.82. The third-order valence-corrected chi connectivity index (χ3v) is 2.36.